The fraction of sp³-hybridized carbons (Fsp3) is 0.462. The Kier molecular flexibility index (Phi) is 6.47. The number of methoxy groups -OCH3 is 1. The highest BCUT2D eigenvalue weighted by Gasteiger charge is 2.27. The van der Waals surface area contributed by atoms with Crippen LogP contribution >= 0.6 is 0 Å². The molecule has 4 nitrogen and oxygen atoms in total. The van der Waals surface area contributed by atoms with E-state index in [4.69, 9.17) is 4.74 Å². The van der Waals surface area contributed by atoms with Crippen LogP contribution in [0.5, 0.6) is 0 Å². The summed E-state index contributed by atoms with van der Waals surface area (Å²) >= 11 is 0. The molecular weight excluding hydrogens is 273 g/mol. The number of amides is 1. The minimum Gasteiger partial charge on any atom is -0.380 e. The Morgan fingerprint density at radius 2 is 1.90 bits per heavy atom. The molecule has 0 aliphatic heterocycles. The number of hydrogen-bond donors (Lipinski definition) is 2. The summed E-state index contributed by atoms with van der Waals surface area (Å²) in [6, 6.07) is 7.48. The number of halogens is 3. The molecule has 0 atom stereocenters. The van der Waals surface area contributed by atoms with Crippen molar-refractivity contribution in [3.8, 4) is 0 Å². The molecule has 20 heavy (non-hydrogen) atoms. The van der Waals surface area contributed by atoms with Crippen LogP contribution in [-0.2, 0) is 22.7 Å². The third-order valence-electron chi connectivity index (χ3n) is 2.51. The molecule has 0 unspecified atom stereocenters. The standard InChI is InChI=1S/C13H17F3N2O2/c1-20-8-11-5-3-2-4-10(11)6-17-7-12(19)18-9-13(14,15)16/h2-5,17H,6-9H2,1H3,(H,18,19). The van der Waals surface area contributed by atoms with Crippen molar-refractivity contribution in [3.63, 3.8) is 0 Å². The van der Waals surface area contributed by atoms with E-state index in [1.165, 1.54) is 0 Å². The zero-order valence-electron chi connectivity index (χ0n) is 11.1. The molecule has 0 fully saturated rings. The molecule has 112 valence electrons. The summed E-state index contributed by atoms with van der Waals surface area (Å²) in [5.41, 5.74) is 1.91. The number of hydrogen-bond acceptors (Lipinski definition) is 3. The third-order valence-corrected chi connectivity index (χ3v) is 2.51. The maximum absolute atomic E-state index is 11.9. The Bertz CT molecular complexity index is 436. The summed E-state index contributed by atoms with van der Waals surface area (Å²) in [6.45, 7) is -0.651. The number of alkyl halides is 3. The van der Waals surface area contributed by atoms with Crippen molar-refractivity contribution in [1.82, 2.24) is 10.6 Å². The number of ether oxygens (including phenoxy) is 1. The maximum atomic E-state index is 11.9. The monoisotopic (exact) mass is 290 g/mol. The zero-order chi connectivity index (χ0) is 15.0. The van der Waals surface area contributed by atoms with Crippen LogP contribution in [0.1, 0.15) is 11.1 Å². The van der Waals surface area contributed by atoms with Gasteiger partial charge in [-0.3, -0.25) is 4.79 Å². The number of benzene rings is 1. The van der Waals surface area contributed by atoms with Crippen LogP contribution in [0.15, 0.2) is 24.3 Å². The van der Waals surface area contributed by atoms with E-state index < -0.39 is 18.6 Å². The second-order valence-corrected chi connectivity index (χ2v) is 4.20. The van der Waals surface area contributed by atoms with Crippen LogP contribution in [0.2, 0.25) is 0 Å². The predicted molar refractivity (Wildman–Crippen MR) is 67.9 cm³/mol. The van der Waals surface area contributed by atoms with E-state index in [1.807, 2.05) is 24.3 Å². The quantitative estimate of drug-likeness (QED) is 0.802. The number of rotatable bonds is 7. The second kappa shape index (κ2) is 7.86. The first-order valence-corrected chi connectivity index (χ1v) is 6.02. The molecule has 1 amide bonds. The summed E-state index contributed by atoms with van der Waals surface area (Å²) in [5.74, 6) is -0.688. The molecule has 0 radical (unpaired) electrons. The topological polar surface area (TPSA) is 50.4 Å². The largest absolute Gasteiger partial charge is 0.405 e. The molecule has 0 bridgehead atoms. The molecule has 0 saturated heterocycles. The highest BCUT2D eigenvalue weighted by Crippen LogP contribution is 2.12. The lowest BCUT2D eigenvalue weighted by atomic mass is 10.1. The van der Waals surface area contributed by atoms with E-state index in [-0.39, 0.29) is 6.54 Å². The van der Waals surface area contributed by atoms with Gasteiger partial charge in [0.2, 0.25) is 5.91 Å². The smallest absolute Gasteiger partial charge is 0.380 e. The first-order valence-electron chi connectivity index (χ1n) is 6.02. The second-order valence-electron chi connectivity index (χ2n) is 4.20. The van der Waals surface area contributed by atoms with E-state index >= 15 is 0 Å². The van der Waals surface area contributed by atoms with Gasteiger partial charge in [-0.25, -0.2) is 0 Å². The average Bonchev–Trinajstić information content (AvgIpc) is 2.38. The molecule has 7 heteroatoms. The van der Waals surface area contributed by atoms with Gasteiger partial charge in [-0.1, -0.05) is 24.3 Å². The Hall–Kier alpha value is -1.60. The molecule has 2 N–H and O–H groups in total. The number of carbonyl (C=O) groups excluding carboxylic acids is 1. The molecule has 0 heterocycles. The van der Waals surface area contributed by atoms with E-state index in [0.717, 1.165) is 11.1 Å². The van der Waals surface area contributed by atoms with Gasteiger partial charge in [-0.05, 0) is 11.1 Å². The minimum absolute atomic E-state index is 0.169. The SMILES string of the molecule is COCc1ccccc1CNCC(=O)NCC(F)(F)F. The normalized spacial score (nSPS) is 11.4. The maximum Gasteiger partial charge on any atom is 0.405 e. The lowest BCUT2D eigenvalue weighted by molar-refractivity contribution is -0.137. The van der Waals surface area contributed by atoms with Gasteiger partial charge in [-0.2, -0.15) is 13.2 Å². The predicted octanol–water partition coefficient (Wildman–Crippen LogP) is 1.60. The van der Waals surface area contributed by atoms with Gasteiger partial charge >= 0.3 is 6.18 Å². The Labute approximate surface area is 115 Å². The van der Waals surface area contributed by atoms with E-state index in [0.29, 0.717) is 13.2 Å². The first-order chi connectivity index (χ1) is 9.42. The molecule has 1 rings (SSSR count). The number of nitrogens with one attached hydrogen (secondary N) is 2. The summed E-state index contributed by atoms with van der Waals surface area (Å²) < 4.78 is 40.7. The van der Waals surface area contributed by atoms with Crippen molar-refractivity contribution in [2.45, 2.75) is 19.3 Å². The van der Waals surface area contributed by atoms with Gasteiger partial charge in [0.15, 0.2) is 0 Å². The minimum atomic E-state index is -4.39. The summed E-state index contributed by atoms with van der Waals surface area (Å²) in [4.78, 5) is 11.2. The number of carbonyl (C=O) groups is 1. The molecule has 0 aliphatic carbocycles. The van der Waals surface area contributed by atoms with Gasteiger partial charge in [0, 0.05) is 13.7 Å². The summed E-state index contributed by atoms with van der Waals surface area (Å²) in [5, 5.41) is 4.60. The first kappa shape index (κ1) is 16.5. The molecule has 0 aromatic heterocycles. The van der Waals surface area contributed by atoms with Gasteiger partial charge in [0.1, 0.15) is 6.54 Å². The van der Waals surface area contributed by atoms with E-state index in [2.05, 4.69) is 5.32 Å². The van der Waals surface area contributed by atoms with Gasteiger partial charge in [-0.15, -0.1) is 0 Å². The van der Waals surface area contributed by atoms with Crippen LogP contribution in [-0.4, -0.2) is 32.3 Å². The van der Waals surface area contributed by atoms with Gasteiger partial charge in [0.25, 0.3) is 0 Å². The molecule has 0 spiro atoms. The summed E-state index contributed by atoms with van der Waals surface area (Å²) in [7, 11) is 1.58. The Morgan fingerprint density at radius 3 is 2.50 bits per heavy atom. The Morgan fingerprint density at radius 1 is 1.25 bits per heavy atom. The van der Waals surface area contributed by atoms with Crippen molar-refractivity contribution in [1.29, 1.82) is 0 Å². The third kappa shape index (κ3) is 6.53. The molecule has 0 saturated carbocycles. The highest BCUT2D eigenvalue weighted by atomic mass is 19.4. The van der Waals surface area contributed by atoms with E-state index in [1.54, 1.807) is 12.4 Å². The van der Waals surface area contributed by atoms with Crippen molar-refractivity contribution in [3.05, 3.63) is 35.4 Å². The van der Waals surface area contributed by atoms with Crippen molar-refractivity contribution < 1.29 is 22.7 Å². The van der Waals surface area contributed by atoms with Crippen LogP contribution in [0.3, 0.4) is 0 Å². The van der Waals surface area contributed by atoms with Crippen LogP contribution < -0.4 is 10.6 Å². The van der Waals surface area contributed by atoms with Crippen LogP contribution in [0.4, 0.5) is 13.2 Å². The van der Waals surface area contributed by atoms with Crippen molar-refractivity contribution in [2.75, 3.05) is 20.2 Å². The van der Waals surface area contributed by atoms with Crippen molar-refractivity contribution in [2.24, 2.45) is 0 Å². The van der Waals surface area contributed by atoms with Crippen LogP contribution in [0.25, 0.3) is 0 Å². The van der Waals surface area contributed by atoms with Gasteiger partial charge < -0.3 is 15.4 Å². The average molecular weight is 290 g/mol. The molecule has 0 aliphatic rings. The molecule has 1 aromatic rings. The lowest BCUT2D eigenvalue weighted by Gasteiger charge is -2.11. The van der Waals surface area contributed by atoms with Crippen LogP contribution in [0, 0.1) is 0 Å². The molecule has 1 aromatic carbocycles. The fourth-order valence-corrected chi connectivity index (χ4v) is 1.60. The van der Waals surface area contributed by atoms with E-state index in [9.17, 15) is 18.0 Å². The van der Waals surface area contributed by atoms with Gasteiger partial charge in [0.05, 0.1) is 13.2 Å². The van der Waals surface area contributed by atoms with Crippen molar-refractivity contribution >= 4 is 5.91 Å². The zero-order valence-corrected chi connectivity index (χ0v) is 11.1. The highest BCUT2D eigenvalue weighted by molar-refractivity contribution is 5.78. The fourth-order valence-electron chi connectivity index (χ4n) is 1.60. The molecular formula is C13H17F3N2O2. The Balaban J connectivity index is 2.35. The summed E-state index contributed by atoms with van der Waals surface area (Å²) in [6.07, 6.45) is -4.39. The lowest BCUT2D eigenvalue weighted by Crippen LogP contribution is -2.39.